The van der Waals surface area contributed by atoms with Crippen LogP contribution in [0, 0.1) is 0 Å². The molecule has 6 rings (SSSR count). The fraction of sp³-hybridized carbons (Fsp3) is 0.0800. The fourth-order valence-electron chi connectivity index (χ4n) is 4.41. The van der Waals surface area contributed by atoms with Crippen LogP contribution in [0.25, 0.3) is 43.6 Å². The molecule has 0 spiro atoms. The number of nitrogens with one attached hydrogen (secondary N) is 1. The van der Waals surface area contributed by atoms with E-state index in [9.17, 15) is 0 Å². The van der Waals surface area contributed by atoms with Gasteiger partial charge in [0.2, 0.25) is 0 Å². The lowest BCUT2D eigenvalue weighted by Crippen LogP contribution is -2.02. The summed E-state index contributed by atoms with van der Waals surface area (Å²) in [6, 6.07) is 28.0. The summed E-state index contributed by atoms with van der Waals surface area (Å²) in [5, 5.41) is 5.17. The topological polar surface area (TPSA) is 33.6 Å². The van der Waals surface area contributed by atoms with Crippen LogP contribution in [0.1, 0.15) is 5.69 Å². The minimum absolute atomic E-state index is 0.912. The number of para-hydroxylation sites is 2. The standard InChI is InChI=1S/C25H19N3/c1-3-10-22-18(8-1)20-16-25-21(15-23(20)27-22)19-9-2-4-11-24(19)28(25)14-12-17-7-5-6-13-26-17/h1-11,13,15-16,27H,12,14H2. The van der Waals surface area contributed by atoms with Crippen molar-refractivity contribution in [1.29, 1.82) is 0 Å². The number of aromatic nitrogens is 3. The molecule has 0 fully saturated rings. The van der Waals surface area contributed by atoms with Crippen molar-refractivity contribution in [1.82, 2.24) is 14.5 Å². The number of nitrogens with zero attached hydrogens (tertiary/aromatic N) is 2. The van der Waals surface area contributed by atoms with Gasteiger partial charge in [-0.05, 0) is 36.4 Å². The van der Waals surface area contributed by atoms with Gasteiger partial charge in [-0.15, -0.1) is 0 Å². The van der Waals surface area contributed by atoms with Crippen LogP contribution in [0.5, 0.6) is 0 Å². The van der Waals surface area contributed by atoms with Gasteiger partial charge in [0.15, 0.2) is 0 Å². The number of hydrogen-bond donors (Lipinski definition) is 1. The van der Waals surface area contributed by atoms with E-state index in [-0.39, 0.29) is 0 Å². The Morgan fingerprint density at radius 3 is 2.39 bits per heavy atom. The van der Waals surface area contributed by atoms with E-state index in [0.29, 0.717) is 0 Å². The van der Waals surface area contributed by atoms with E-state index in [1.54, 1.807) is 0 Å². The second kappa shape index (κ2) is 5.96. The van der Waals surface area contributed by atoms with Gasteiger partial charge in [-0.25, -0.2) is 0 Å². The van der Waals surface area contributed by atoms with E-state index in [4.69, 9.17) is 0 Å². The van der Waals surface area contributed by atoms with Crippen molar-refractivity contribution in [3.05, 3.63) is 90.8 Å². The van der Waals surface area contributed by atoms with Crippen molar-refractivity contribution >= 4 is 43.6 Å². The number of aromatic amines is 1. The average Bonchev–Trinajstić information content (AvgIpc) is 3.26. The zero-order valence-electron chi connectivity index (χ0n) is 15.4. The molecule has 28 heavy (non-hydrogen) atoms. The minimum atomic E-state index is 0.912. The summed E-state index contributed by atoms with van der Waals surface area (Å²) >= 11 is 0. The maximum Gasteiger partial charge on any atom is 0.0499 e. The molecule has 134 valence electrons. The number of rotatable bonds is 3. The lowest BCUT2D eigenvalue weighted by molar-refractivity contribution is 0.730. The van der Waals surface area contributed by atoms with E-state index in [0.717, 1.165) is 18.7 Å². The molecule has 0 aliphatic rings. The monoisotopic (exact) mass is 361 g/mol. The number of aryl methyl sites for hydroxylation is 2. The van der Waals surface area contributed by atoms with Crippen LogP contribution < -0.4 is 0 Å². The van der Waals surface area contributed by atoms with Crippen LogP contribution in [-0.2, 0) is 13.0 Å². The first-order chi connectivity index (χ1) is 13.9. The summed E-state index contributed by atoms with van der Waals surface area (Å²) in [7, 11) is 0. The van der Waals surface area contributed by atoms with Crippen LogP contribution in [0.15, 0.2) is 85.1 Å². The van der Waals surface area contributed by atoms with E-state index in [1.807, 2.05) is 12.3 Å². The molecule has 0 aliphatic carbocycles. The molecule has 0 radical (unpaired) electrons. The Bertz CT molecular complexity index is 1460. The Morgan fingerprint density at radius 2 is 1.50 bits per heavy atom. The first-order valence-electron chi connectivity index (χ1n) is 9.70. The predicted molar refractivity (Wildman–Crippen MR) is 117 cm³/mol. The van der Waals surface area contributed by atoms with Crippen LogP contribution in [-0.4, -0.2) is 14.5 Å². The van der Waals surface area contributed by atoms with Crippen molar-refractivity contribution in [3.8, 4) is 0 Å². The summed E-state index contributed by atoms with van der Waals surface area (Å²) in [5.41, 5.74) is 6.08. The van der Waals surface area contributed by atoms with Crippen molar-refractivity contribution in [3.63, 3.8) is 0 Å². The lowest BCUT2D eigenvalue weighted by Gasteiger charge is -2.07. The quantitative estimate of drug-likeness (QED) is 0.408. The molecule has 0 atom stereocenters. The Kier molecular flexibility index (Phi) is 3.29. The Balaban J connectivity index is 1.62. The molecule has 0 bridgehead atoms. The van der Waals surface area contributed by atoms with Gasteiger partial charge in [0, 0.05) is 68.5 Å². The zero-order chi connectivity index (χ0) is 18.5. The molecular weight excluding hydrogens is 342 g/mol. The fourth-order valence-corrected chi connectivity index (χ4v) is 4.41. The van der Waals surface area contributed by atoms with E-state index < -0.39 is 0 Å². The number of benzene rings is 3. The second-order valence-corrected chi connectivity index (χ2v) is 7.33. The maximum atomic E-state index is 4.50. The lowest BCUT2D eigenvalue weighted by atomic mass is 10.1. The molecule has 3 heterocycles. The van der Waals surface area contributed by atoms with Gasteiger partial charge >= 0.3 is 0 Å². The number of hydrogen-bond acceptors (Lipinski definition) is 1. The van der Waals surface area contributed by atoms with Crippen molar-refractivity contribution in [2.75, 3.05) is 0 Å². The van der Waals surface area contributed by atoms with Crippen molar-refractivity contribution in [2.24, 2.45) is 0 Å². The number of pyridine rings is 1. The van der Waals surface area contributed by atoms with Gasteiger partial charge in [0.05, 0.1) is 0 Å². The molecule has 0 aliphatic heterocycles. The van der Waals surface area contributed by atoms with Crippen LogP contribution in [0.2, 0.25) is 0 Å². The highest BCUT2D eigenvalue weighted by Gasteiger charge is 2.13. The third-order valence-electron chi connectivity index (χ3n) is 5.72. The highest BCUT2D eigenvalue weighted by atomic mass is 15.0. The highest BCUT2D eigenvalue weighted by molar-refractivity contribution is 6.17. The molecule has 3 nitrogen and oxygen atoms in total. The third-order valence-corrected chi connectivity index (χ3v) is 5.72. The zero-order valence-corrected chi connectivity index (χ0v) is 15.4. The van der Waals surface area contributed by atoms with Crippen LogP contribution >= 0.6 is 0 Å². The Morgan fingerprint density at radius 1 is 0.679 bits per heavy atom. The largest absolute Gasteiger partial charge is 0.354 e. The van der Waals surface area contributed by atoms with Gasteiger partial charge in [-0.3, -0.25) is 4.98 Å². The van der Waals surface area contributed by atoms with E-state index in [2.05, 4.69) is 87.3 Å². The molecular formula is C25H19N3. The van der Waals surface area contributed by atoms with E-state index in [1.165, 1.54) is 43.6 Å². The first kappa shape index (κ1) is 15.5. The second-order valence-electron chi connectivity index (χ2n) is 7.33. The molecule has 3 heteroatoms. The molecule has 6 aromatic rings. The van der Waals surface area contributed by atoms with Gasteiger partial charge in [-0.1, -0.05) is 42.5 Å². The predicted octanol–water partition coefficient (Wildman–Crippen LogP) is 6.07. The highest BCUT2D eigenvalue weighted by Crippen LogP contribution is 2.35. The van der Waals surface area contributed by atoms with Crippen LogP contribution in [0.4, 0.5) is 0 Å². The Labute approximate surface area is 162 Å². The average molecular weight is 361 g/mol. The summed E-state index contributed by atoms with van der Waals surface area (Å²) in [6.45, 7) is 0.912. The third kappa shape index (κ3) is 2.26. The number of H-pyrrole nitrogens is 1. The van der Waals surface area contributed by atoms with Crippen molar-refractivity contribution < 1.29 is 0 Å². The van der Waals surface area contributed by atoms with Crippen LogP contribution in [0.3, 0.4) is 0 Å². The van der Waals surface area contributed by atoms with Crippen molar-refractivity contribution in [2.45, 2.75) is 13.0 Å². The molecule has 0 amide bonds. The maximum absolute atomic E-state index is 4.50. The minimum Gasteiger partial charge on any atom is -0.354 e. The summed E-state index contributed by atoms with van der Waals surface area (Å²) in [6.07, 6.45) is 2.79. The molecule has 3 aromatic heterocycles. The first-order valence-corrected chi connectivity index (χ1v) is 9.70. The summed E-state index contributed by atoms with van der Waals surface area (Å²) < 4.78 is 2.44. The van der Waals surface area contributed by atoms with Gasteiger partial charge in [-0.2, -0.15) is 0 Å². The summed E-state index contributed by atoms with van der Waals surface area (Å²) in [5.74, 6) is 0. The Hall–Kier alpha value is -3.59. The normalized spacial score (nSPS) is 11.9. The molecule has 1 N–H and O–H groups in total. The summed E-state index contributed by atoms with van der Waals surface area (Å²) in [4.78, 5) is 8.09. The van der Waals surface area contributed by atoms with Gasteiger partial charge in [0.25, 0.3) is 0 Å². The molecule has 3 aromatic carbocycles. The molecule has 0 unspecified atom stereocenters. The molecule has 0 saturated carbocycles. The van der Waals surface area contributed by atoms with E-state index >= 15 is 0 Å². The van der Waals surface area contributed by atoms with Gasteiger partial charge < -0.3 is 9.55 Å². The van der Waals surface area contributed by atoms with Gasteiger partial charge in [0.1, 0.15) is 0 Å². The SMILES string of the molecule is c1ccc(CCn2c3ccccc3c3cc4[nH]c5ccccc5c4cc32)nc1. The number of fused-ring (bicyclic) bond motifs is 6. The molecule has 0 saturated heterocycles. The smallest absolute Gasteiger partial charge is 0.0499 e.